The third kappa shape index (κ3) is 11.9. The summed E-state index contributed by atoms with van der Waals surface area (Å²) in [6.45, 7) is 3.39. The van der Waals surface area contributed by atoms with Crippen molar-refractivity contribution in [2.24, 2.45) is 0 Å². The molecule has 0 bridgehead atoms. The van der Waals surface area contributed by atoms with E-state index in [1.54, 1.807) is 0 Å². The molecule has 0 spiro atoms. The van der Waals surface area contributed by atoms with Gasteiger partial charge in [0, 0.05) is 13.3 Å². The summed E-state index contributed by atoms with van der Waals surface area (Å²) in [4.78, 5) is 21.9. The van der Waals surface area contributed by atoms with Gasteiger partial charge in [-0.3, -0.25) is 9.59 Å². The number of unbranched alkanes of at least 4 members (excludes halogenated alkanes) is 8. The molecule has 0 aliphatic carbocycles. The van der Waals surface area contributed by atoms with Crippen molar-refractivity contribution in [3.05, 3.63) is 0 Å². The van der Waals surface area contributed by atoms with E-state index in [0.717, 1.165) is 19.3 Å². The van der Waals surface area contributed by atoms with E-state index in [1.807, 2.05) is 0 Å². The first-order valence-corrected chi connectivity index (χ1v) is 7.46. The molecule has 19 heavy (non-hydrogen) atoms. The van der Waals surface area contributed by atoms with Gasteiger partial charge in [-0.25, -0.2) is 0 Å². The molecule has 0 aromatic carbocycles. The zero-order valence-corrected chi connectivity index (χ0v) is 12.3. The summed E-state index contributed by atoms with van der Waals surface area (Å²) in [5, 5.41) is 9.22. The first-order chi connectivity index (χ1) is 9.07. The molecule has 112 valence electrons. The average Bonchev–Trinajstić information content (AvgIpc) is 2.35. The Morgan fingerprint density at radius 1 is 0.947 bits per heavy atom. The van der Waals surface area contributed by atoms with Crippen LogP contribution >= 0.6 is 0 Å². The number of aliphatic hydroxyl groups excluding tert-OH is 1. The van der Waals surface area contributed by atoms with E-state index in [2.05, 4.69) is 11.7 Å². The molecule has 0 aromatic rings. The largest absolute Gasteiger partial charge is 0.428 e. The van der Waals surface area contributed by atoms with Crippen molar-refractivity contribution in [3.8, 4) is 0 Å². The predicted molar refractivity (Wildman–Crippen MR) is 74.6 cm³/mol. The summed E-state index contributed by atoms with van der Waals surface area (Å²) in [7, 11) is 0. The lowest BCUT2D eigenvalue weighted by Crippen LogP contribution is -2.25. The standard InChI is InChI=1S/C15H28O4/c1-3-4-5-6-7-8-9-10-11-12-14(17)15(18)19-13(2)16/h15,18H,3-12H2,1-2H3. The molecule has 1 atom stereocenters. The van der Waals surface area contributed by atoms with Crippen LogP contribution < -0.4 is 0 Å². The number of aliphatic hydroxyl groups is 1. The molecule has 4 heteroatoms. The van der Waals surface area contributed by atoms with E-state index in [0.29, 0.717) is 0 Å². The zero-order chi connectivity index (χ0) is 14.5. The lowest BCUT2D eigenvalue weighted by Gasteiger charge is -2.08. The van der Waals surface area contributed by atoms with Crippen LogP contribution in [0.2, 0.25) is 0 Å². The highest BCUT2D eigenvalue weighted by Gasteiger charge is 2.16. The minimum Gasteiger partial charge on any atom is -0.428 e. The van der Waals surface area contributed by atoms with Crippen LogP contribution in [0.5, 0.6) is 0 Å². The van der Waals surface area contributed by atoms with E-state index in [1.165, 1.54) is 45.4 Å². The SMILES string of the molecule is CCCCCCCCCCCC(=O)C(O)OC(C)=O. The molecule has 0 heterocycles. The van der Waals surface area contributed by atoms with Crippen LogP contribution in [0, 0.1) is 0 Å². The van der Waals surface area contributed by atoms with Gasteiger partial charge in [0.05, 0.1) is 0 Å². The van der Waals surface area contributed by atoms with Gasteiger partial charge in [-0.2, -0.15) is 0 Å². The van der Waals surface area contributed by atoms with Gasteiger partial charge in [0.25, 0.3) is 6.29 Å². The average molecular weight is 272 g/mol. The number of ketones is 1. The maximum atomic E-state index is 11.4. The monoisotopic (exact) mass is 272 g/mol. The van der Waals surface area contributed by atoms with E-state index < -0.39 is 18.0 Å². The Morgan fingerprint density at radius 2 is 1.42 bits per heavy atom. The molecule has 0 fully saturated rings. The molecule has 0 saturated heterocycles. The Morgan fingerprint density at radius 3 is 1.89 bits per heavy atom. The molecule has 0 aliphatic heterocycles. The highest BCUT2D eigenvalue weighted by atomic mass is 16.6. The van der Waals surface area contributed by atoms with Crippen molar-refractivity contribution in [1.82, 2.24) is 0 Å². The molecule has 0 rings (SSSR count). The van der Waals surface area contributed by atoms with Crippen LogP contribution in [-0.4, -0.2) is 23.1 Å². The van der Waals surface area contributed by atoms with Gasteiger partial charge < -0.3 is 9.84 Å². The Hall–Kier alpha value is -0.900. The van der Waals surface area contributed by atoms with E-state index in [-0.39, 0.29) is 6.42 Å². The zero-order valence-electron chi connectivity index (χ0n) is 12.3. The summed E-state index contributed by atoms with van der Waals surface area (Å²) in [6, 6.07) is 0. The highest BCUT2D eigenvalue weighted by Crippen LogP contribution is 2.11. The van der Waals surface area contributed by atoms with Crippen molar-refractivity contribution in [1.29, 1.82) is 0 Å². The number of carbonyl (C=O) groups is 2. The molecular weight excluding hydrogens is 244 g/mol. The van der Waals surface area contributed by atoms with Crippen LogP contribution in [-0.2, 0) is 14.3 Å². The second kappa shape index (κ2) is 12.2. The number of carbonyl (C=O) groups excluding carboxylic acids is 2. The third-order valence-electron chi connectivity index (χ3n) is 3.08. The van der Waals surface area contributed by atoms with Gasteiger partial charge in [-0.05, 0) is 6.42 Å². The van der Waals surface area contributed by atoms with Crippen molar-refractivity contribution in [2.45, 2.75) is 84.3 Å². The molecule has 0 aliphatic rings. The van der Waals surface area contributed by atoms with Gasteiger partial charge in [0.15, 0.2) is 0 Å². The smallest absolute Gasteiger partial charge is 0.305 e. The Balaban J connectivity index is 3.34. The number of ether oxygens (including phenoxy) is 1. The maximum Gasteiger partial charge on any atom is 0.305 e. The number of esters is 1. The first-order valence-electron chi connectivity index (χ1n) is 7.46. The molecule has 0 amide bonds. The van der Waals surface area contributed by atoms with Crippen LogP contribution in [0.3, 0.4) is 0 Å². The summed E-state index contributed by atoms with van der Waals surface area (Å²) >= 11 is 0. The minimum absolute atomic E-state index is 0.282. The molecular formula is C15H28O4. The Kier molecular flexibility index (Phi) is 11.6. The van der Waals surface area contributed by atoms with Crippen molar-refractivity contribution in [3.63, 3.8) is 0 Å². The summed E-state index contributed by atoms with van der Waals surface area (Å²) in [5.41, 5.74) is 0. The van der Waals surface area contributed by atoms with E-state index in [4.69, 9.17) is 0 Å². The lowest BCUT2D eigenvalue weighted by atomic mass is 10.1. The second-order valence-electron chi connectivity index (χ2n) is 5.01. The lowest BCUT2D eigenvalue weighted by molar-refractivity contribution is -0.173. The summed E-state index contributed by atoms with van der Waals surface area (Å²) in [5.74, 6) is -1.04. The maximum absolute atomic E-state index is 11.4. The Bertz CT molecular complexity index is 251. The summed E-state index contributed by atoms with van der Waals surface area (Å²) in [6.07, 6.45) is 9.28. The van der Waals surface area contributed by atoms with Gasteiger partial charge in [-0.1, -0.05) is 58.3 Å². The number of rotatable bonds is 12. The molecule has 0 radical (unpaired) electrons. The van der Waals surface area contributed by atoms with Gasteiger partial charge in [0.2, 0.25) is 5.78 Å². The summed E-state index contributed by atoms with van der Waals surface area (Å²) < 4.78 is 4.41. The van der Waals surface area contributed by atoms with Crippen molar-refractivity contribution in [2.75, 3.05) is 0 Å². The van der Waals surface area contributed by atoms with Crippen molar-refractivity contribution >= 4 is 11.8 Å². The Labute approximate surface area is 116 Å². The molecule has 1 unspecified atom stereocenters. The fraction of sp³-hybridized carbons (Fsp3) is 0.867. The number of Topliss-reactive ketones (excluding diaryl/α,β-unsaturated/α-hetero) is 1. The van der Waals surface area contributed by atoms with E-state index >= 15 is 0 Å². The third-order valence-corrected chi connectivity index (χ3v) is 3.08. The number of hydrogen-bond acceptors (Lipinski definition) is 4. The van der Waals surface area contributed by atoms with E-state index in [9.17, 15) is 14.7 Å². The van der Waals surface area contributed by atoms with Gasteiger partial charge in [-0.15, -0.1) is 0 Å². The predicted octanol–water partition coefficient (Wildman–Crippen LogP) is 3.36. The van der Waals surface area contributed by atoms with Gasteiger partial charge in [0.1, 0.15) is 0 Å². The normalized spacial score (nSPS) is 12.2. The molecule has 4 nitrogen and oxygen atoms in total. The molecule has 1 N–H and O–H groups in total. The van der Waals surface area contributed by atoms with Crippen LogP contribution in [0.1, 0.15) is 78.1 Å². The molecule has 0 aromatic heterocycles. The molecule has 0 saturated carbocycles. The fourth-order valence-corrected chi connectivity index (χ4v) is 1.96. The van der Waals surface area contributed by atoms with Crippen LogP contribution in [0.15, 0.2) is 0 Å². The van der Waals surface area contributed by atoms with Crippen LogP contribution in [0.4, 0.5) is 0 Å². The number of hydrogen-bond donors (Lipinski definition) is 1. The topological polar surface area (TPSA) is 63.6 Å². The van der Waals surface area contributed by atoms with Gasteiger partial charge >= 0.3 is 5.97 Å². The second-order valence-corrected chi connectivity index (χ2v) is 5.01. The minimum atomic E-state index is -1.58. The van der Waals surface area contributed by atoms with Crippen LogP contribution in [0.25, 0.3) is 0 Å². The quantitative estimate of drug-likeness (QED) is 0.336. The highest BCUT2D eigenvalue weighted by molar-refractivity contribution is 5.83. The fourth-order valence-electron chi connectivity index (χ4n) is 1.96. The first kappa shape index (κ1) is 18.1. The van der Waals surface area contributed by atoms with Crippen molar-refractivity contribution < 1.29 is 19.4 Å².